The third kappa shape index (κ3) is 3.08. The van der Waals surface area contributed by atoms with Gasteiger partial charge in [-0.25, -0.2) is 4.98 Å². The average Bonchev–Trinajstić information content (AvgIpc) is 3.10. The Labute approximate surface area is 172 Å². The highest BCUT2D eigenvalue weighted by atomic mass is 16.3. The average molecular weight is 398 g/mol. The van der Waals surface area contributed by atoms with Gasteiger partial charge in [0.05, 0.1) is 17.6 Å². The largest absolute Gasteiger partial charge is 0.508 e. The van der Waals surface area contributed by atoms with Crippen LogP contribution in [0.15, 0.2) is 60.8 Å². The molecule has 2 aromatic carbocycles. The van der Waals surface area contributed by atoms with Crippen molar-refractivity contribution < 1.29 is 9.90 Å². The van der Waals surface area contributed by atoms with Gasteiger partial charge in [-0.3, -0.25) is 4.79 Å². The van der Waals surface area contributed by atoms with Crippen LogP contribution in [0.1, 0.15) is 29.2 Å². The van der Waals surface area contributed by atoms with E-state index in [1.807, 2.05) is 43.3 Å². The molecule has 1 aliphatic rings. The lowest BCUT2D eigenvalue weighted by Crippen LogP contribution is -2.25. The van der Waals surface area contributed by atoms with E-state index in [0.29, 0.717) is 11.5 Å². The molecule has 4 aromatic rings. The van der Waals surface area contributed by atoms with Crippen LogP contribution in [0.5, 0.6) is 5.75 Å². The summed E-state index contributed by atoms with van der Waals surface area (Å²) in [5.41, 5.74) is 4.06. The maximum Gasteiger partial charge on any atom is 0.272 e. The second-order valence-corrected chi connectivity index (χ2v) is 7.17. The van der Waals surface area contributed by atoms with E-state index >= 15 is 0 Å². The number of aromatic hydroxyl groups is 1. The van der Waals surface area contributed by atoms with Gasteiger partial charge >= 0.3 is 0 Å². The van der Waals surface area contributed by atoms with Crippen molar-refractivity contribution in [3.63, 3.8) is 0 Å². The number of amides is 1. The minimum Gasteiger partial charge on any atom is -0.508 e. The summed E-state index contributed by atoms with van der Waals surface area (Å²) < 4.78 is 1.52. The minimum atomic E-state index is -0.222. The van der Waals surface area contributed by atoms with Crippen LogP contribution < -0.4 is 5.32 Å². The first kappa shape index (κ1) is 18.0. The fourth-order valence-corrected chi connectivity index (χ4v) is 3.85. The first-order chi connectivity index (χ1) is 14.6. The molecule has 8 nitrogen and oxygen atoms in total. The molecule has 1 atom stereocenters. The van der Waals surface area contributed by atoms with Crippen LogP contribution in [-0.2, 0) is 4.79 Å². The van der Waals surface area contributed by atoms with Crippen LogP contribution in [-0.4, -0.2) is 36.0 Å². The molecular formula is C22H18N6O2. The van der Waals surface area contributed by atoms with Gasteiger partial charge < -0.3 is 10.4 Å². The number of phenolic OH excluding ortho intramolecular Hbond substituents is 1. The van der Waals surface area contributed by atoms with Gasteiger partial charge in [0.2, 0.25) is 5.91 Å². The molecule has 0 saturated heterocycles. The number of nitrogens with one attached hydrogen (secondary N) is 1. The zero-order valence-electron chi connectivity index (χ0n) is 16.1. The number of phenols is 1. The summed E-state index contributed by atoms with van der Waals surface area (Å²) in [6, 6.07) is 16.6. The highest BCUT2D eigenvalue weighted by Gasteiger charge is 2.33. The van der Waals surface area contributed by atoms with Crippen molar-refractivity contribution in [2.75, 3.05) is 5.32 Å². The van der Waals surface area contributed by atoms with Crippen molar-refractivity contribution >= 4 is 11.7 Å². The third-order valence-electron chi connectivity index (χ3n) is 5.18. The Hall–Kier alpha value is -4.07. The highest BCUT2D eigenvalue weighted by Crippen LogP contribution is 2.40. The van der Waals surface area contributed by atoms with Crippen LogP contribution in [0.25, 0.3) is 17.2 Å². The Morgan fingerprint density at radius 1 is 1.13 bits per heavy atom. The number of fused-ring (bicyclic) bond motifs is 1. The molecule has 0 unspecified atom stereocenters. The fraction of sp³-hybridized carbons (Fsp3) is 0.136. The molecule has 2 aromatic heterocycles. The van der Waals surface area contributed by atoms with E-state index in [4.69, 9.17) is 0 Å². The van der Waals surface area contributed by atoms with Crippen molar-refractivity contribution in [2.45, 2.75) is 19.3 Å². The maximum absolute atomic E-state index is 12.5. The van der Waals surface area contributed by atoms with E-state index in [0.717, 1.165) is 22.4 Å². The molecule has 0 fully saturated rings. The molecule has 0 aliphatic carbocycles. The molecule has 3 heterocycles. The number of carbonyl (C=O) groups excluding carboxylic acids is 1. The molecule has 0 saturated carbocycles. The molecular weight excluding hydrogens is 380 g/mol. The Kier molecular flexibility index (Phi) is 4.24. The predicted octanol–water partition coefficient (Wildman–Crippen LogP) is 3.21. The Bertz CT molecular complexity index is 1250. The normalized spacial score (nSPS) is 15.5. The van der Waals surface area contributed by atoms with Gasteiger partial charge in [0.15, 0.2) is 0 Å². The standard InChI is InChI=1S/C22H18N6O2/c1-13-20-17(15-8-5-9-16(29)10-15)11-19(30)25-21(20)28(27-13)22-24-18(12-23-26-22)14-6-3-2-4-7-14/h2-10,12,17,29H,11H2,1H3,(H,25,30)/t17-/m0/s1. The number of benzene rings is 2. The van der Waals surface area contributed by atoms with E-state index in [2.05, 4.69) is 25.6 Å². The maximum atomic E-state index is 12.5. The van der Waals surface area contributed by atoms with E-state index in [9.17, 15) is 9.90 Å². The lowest BCUT2D eigenvalue weighted by molar-refractivity contribution is -0.116. The molecule has 148 valence electrons. The van der Waals surface area contributed by atoms with Crippen LogP contribution >= 0.6 is 0 Å². The molecule has 1 amide bonds. The van der Waals surface area contributed by atoms with Gasteiger partial charge in [-0.05, 0) is 24.6 Å². The number of anilines is 1. The lowest BCUT2D eigenvalue weighted by Gasteiger charge is -2.24. The quantitative estimate of drug-likeness (QED) is 0.549. The number of rotatable bonds is 3. The van der Waals surface area contributed by atoms with Crippen LogP contribution in [0.4, 0.5) is 5.82 Å². The number of hydrogen-bond acceptors (Lipinski definition) is 6. The van der Waals surface area contributed by atoms with Crippen LogP contribution in [0, 0.1) is 6.92 Å². The van der Waals surface area contributed by atoms with Crippen molar-refractivity contribution in [3.8, 4) is 23.0 Å². The first-order valence-corrected chi connectivity index (χ1v) is 9.54. The van der Waals surface area contributed by atoms with Gasteiger partial charge in [-0.1, -0.05) is 42.5 Å². The van der Waals surface area contributed by atoms with E-state index in [1.54, 1.807) is 24.4 Å². The molecule has 2 N–H and O–H groups in total. The van der Waals surface area contributed by atoms with Gasteiger partial charge in [-0.15, -0.1) is 5.10 Å². The number of carbonyl (C=O) groups is 1. The smallest absolute Gasteiger partial charge is 0.272 e. The van der Waals surface area contributed by atoms with Gasteiger partial charge in [0, 0.05) is 23.5 Å². The Morgan fingerprint density at radius 2 is 1.97 bits per heavy atom. The molecule has 30 heavy (non-hydrogen) atoms. The number of aryl methyl sites for hydroxylation is 1. The monoisotopic (exact) mass is 398 g/mol. The number of hydrogen-bond donors (Lipinski definition) is 2. The summed E-state index contributed by atoms with van der Waals surface area (Å²) >= 11 is 0. The molecule has 0 radical (unpaired) electrons. The molecule has 5 rings (SSSR count). The second kappa shape index (κ2) is 7.07. The minimum absolute atomic E-state index is 0.135. The van der Waals surface area contributed by atoms with Gasteiger partial charge in [0.25, 0.3) is 5.95 Å². The zero-order valence-corrected chi connectivity index (χ0v) is 16.1. The SMILES string of the molecule is Cc1nn(-c2nncc(-c3ccccc3)n2)c2c1[C@H](c1cccc(O)c1)CC(=O)N2. The van der Waals surface area contributed by atoms with Crippen molar-refractivity contribution in [3.05, 3.63) is 77.6 Å². The highest BCUT2D eigenvalue weighted by molar-refractivity contribution is 5.95. The summed E-state index contributed by atoms with van der Waals surface area (Å²) in [7, 11) is 0. The molecule has 0 bridgehead atoms. The first-order valence-electron chi connectivity index (χ1n) is 9.54. The second-order valence-electron chi connectivity index (χ2n) is 7.17. The molecule has 8 heteroatoms. The topological polar surface area (TPSA) is 106 Å². The summed E-state index contributed by atoms with van der Waals surface area (Å²) in [4.78, 5) is 17.1. The van der Waals surface area contributed by atoms with Gasteiger partial charge in [0.1, 0.15) is 11.6 Å². The summed E-state index contributed by atoms with van der Waals surface area (Å²) in [5.74, 6) is 0.610. The van der Waals surface area contributed by atoms with Crippen molar-refractivity contribution in [1.82, 2.24) is 25.0 Å². The summed E-state index contributed by atoms with van der Waals surface area (Å²) in [6.07, 6.45) is 1.86. The van der Waals surface area contributed by atoms with E-state index < -0.39 is 0 Å². The summed E-state index contributed by atoms with van der Waals surface area (Å²) in [6.45, 7) is 1.89. The van der Waals surface area contributed by atoms with Crippen LogP contribution in [0.2, 0.25) is 0 Å². The number of aromatic nitrogens is 5. The van der Waals surface area contributed by atoms with Crippen LogP contribution in [0.3, 0.4) is 0 Å². The Balaban J connectivity index is 1.63. The molecule has 0 spiro atoms. The Morgan fingerprint density at radius 3 is 2.77 bits per heavy atom. The predicted molar refractivity (Wildman–Crippen MR) is 110 cm³/mol. The fourth-order valence-electron chi connectivity index (χ4n) is 3.85. The van der Waals surface area contributed by atoms with Crippen molar-refractivity contribution in [2.24, 2.45) is 0 Å². The lowest BCUT2D eigenvalue weighted by atomic mass is 9.86. The molecule has 1 aliphatic heterocycles. The van der Waals surface area contributed by atoms with E-state index in [-0.39, 0.29) is 29.9 Å². The van der Waals surface area contributed by atoms with Gasteiger partial charge in [-0.2, -0.15) is 14.9 Å². The van der Waals surface area contributed by atoms with Crippen molar-refractivity contribution in [1.29, 1.82) is 0 Å². The zero-order chi connectivity index (χ0) is 20.7. The third-order valence-corrected chi connectivity index (χ3v) is 5.18. The summed E-state index contributed by atoms with van der Waals surface area (Å²) in [5, 5.41) is 25.6. The van der Waals surface area contributed by atoms with E-state index in [1.165, 1.54) is 4.68 Å². The number of nitrogens with zero attached hydrogens (tertiary/aromatic N) is 5.